The largest absolute Gasteiger partial charge is 0.112 e. The number of hydrogen-bond acceptors (Lipinski definition) is 0. The van der Waals surface area contributed by atoms with Crippen molar-refractivity contribution in [3.8, 4) is 0 Å². The first-order chi connectivity index (χ1) is 12.4. The first-order valence-corrected chi connectivity index (χ1v) is 10.8. The molecule has 0 aliphatic carbocycles. The van der Waals surface area contributed by atoms with Crippen molar-refractivity contribution in [2.75, 3.05) is 6.16 Å². The van der Waals surface area contributed by atoms with Gasteiger partial charge >= 0.3 is 0 Å². The molecule has 4 rings (SSSR count). The molecule has 1 heteroatoms. The van der Waals surface area contributed by atoms with E-state index in [9.17, 15) is 0 Å². The second kappa shape index (κ2) is 6.82. The van der Waals surface area contributed by atoms with E-state index in [1.165, 1.54) is 26.7 Å². The number of benzene rings is 4. The molecule has 122 valence electrons. The van der Waals surface area contributed by atoms with E-state index in [1.807, 2.05) is 0 Å². The van der Waals surface area contributed by atoms with E-state index in [-0.39, 0.29) is 0 Å². The minimum absolute atomic E-state index is 1.12. The smallest absolute Gasteiger partial charge is 0.0620 e. The van der Waals surface area contributed by atoms with Crippen LogP contribution in [-0.4, -0.2) is 6.16 Å². The zero-order valence-corrected chi connectivity index (χ0v) is 15.4. The summed E-state index contributed by atoms with van der Waals surface area (Å²) in [5.74, 6) is 0. The lowest BCUT2D eigenvalue weighted by Crippen LogP contribution is -2.33. The molecular formula is C24H22P+. The van der Waals surface area contributed by atoms with Crippen molar-refractivity contribution >= 4 is 33.9 Å². The predicted octanol–water partition coefficient (Wildman–Crippen LogP) is 5.15. The van der Waals surface area contributed by atoms with Crippen LogP contribution < -0.4 is 15.9 Å². The molecule has 0 spiro atoms. The summed E-state index contributed by atoms with van der Waals surface area (Å²) >= 11 is 0. The molecular weight excluding hydrogens is 319 g/mol. The molecule has 25 heavy (non-hydrogen) atoms. The van der Waals surface area contributed by atoms with Gasteiger partial charge in [-0.05, 0) is 42.6 Å². The normalized spacial score (nSPS) is 11.6. The third kappa shape index (κ3) is 2.68. The second-order valence-corrected chi connectivity index (χ2v) is 10.1. The maximum Gasteiger partial charge on any atom is 0.112 e. The highest BCUT2D eigenvalue weighted by atomic mass is 31.2. The fraction of sp³-hybridized carbons (Fsp3) is 0.0833. The van der Waals surface area contributed by atoms with Gasteiger partial charge in [-0.25, -0.2) is 0 Å². The molecule has 0 bridgehead atoms. The van der Waals surface area contributed by atoms with E-state index in [4.69, 9.17) is 0 Å². The molecule has 0 aliphatic heterocycles. The van der Waals surface area contributed by atoms with E-state index >= 15 is 0 Å². The highest BCUT2D eigenvalue weighted by Crippen LogP contribution is 2.56. The standard InChI is InChI=1S/C24H22P/c1-2-25(21-14-5-3-6-15-21,22-16-7-4-8-17-22)24-19-11-13-20-12-9-10-18-23(20)24/h3-19H,2H2,1H3/q+1. The van der Waals surface area contributed by atoms with E-state index in [0.717, 1.165) is 6.16 Å². The summed E-state index contributed by atoms with van der Waals surface area (Å²) in [6.45, 7) is 2.34. The molecule has 0 radical (unpaired) electrons. The lowest BCUT2D eigenvalue weighted by Gasteiger charge is -2.27. The van der Waals surface area contributed by atoms with Crippen LogP contribution in [-0.2, 0) is 0 Å². The van der Waals surface area contributed by atoms with Crippen LogP contribution in [0.5, 0.6) is 0 Å². The van der Waals surface area contributed by atoms with Crippen molar-refractivity contribution in [3.63, 3.8) is 0 Å². The Bertz CT molecular complexity index is 930. The Kier molecular flexibility index (Phi) is 4.38. The Morgan fingerprint density at radius 1 is 0.560 bits per heavy atom. The van der Waals surface area contributed by atoms with Crippen LogP contribution in [0.2, 0.25) is 0 Å². The SMILES string of the molecule is CC[P+](c1ccccc1)(c1ccccc1)c1cccc2ccccc12. The summed E-state index contributed by atoms with van der Waals surface area (Å²) in [7, 11) is -1.68. The maximum absolute atomic E-state index is 2.35. The van der Waals surface area contributed by atoms with Crippen molar-refractivity contribution in [2.45, 2.75) is 6.92 Å². The minimum Gasteiger partial charge on any atom is -0.0620 e. The Balaban J connectivity index is 2.11. The lowest BCUT2D eigenvalue weighted by molar-refractivity contribution is 1.49. The van der Waals surface area contributed by atoms with Gasteiger partial charge in [0.2, 0.25) is 0 Å². The van der Waals surface area contributed by atoms with Gasteiger partial charge in [0.05, 0.1) is 6.16 Å². The van der Waals surface area contributed by atoms with E-state index in [0.29, 0.717) is 0 Å². The molecule has 0 aromatic heterocycles. The Morgan fingerprint density at radius 3 is 1.68 bits per heavy atom. The first-order valence-electron chi connectivity index (χ1n) is 8.84. The average Bonchev–Trinajstić information content (AvgIpc) is 2.71. The topological polar surface area (TPSA) is 0 Å². The highest BCUT2D eigenvalue weighted by molar-refractivity contribution is 7.96. The molecule has 0 unspecified atom stereocenters. The van der Waals surface area contributed by atoms with Gasteiger partial charge in [-0.3, -0.25) is 0 Å². The van der Waals surface area contributed by atoms with Gasteiger partial charge < -0.3 is 0 Å². The summed E-state index contributed by atoms with van der Waals surface area (Å²) in [6.07, 6.45) is 1.12. The van der Waals surface area contributed by atoms with Crippen molar-refractivity contribution in [2.24, 2.45) is 0 Å². The fourth-order valence-electron chi connectivity index (χ4n) is 3.87. The van der Waals surface area contributed by atoms with Gasteiger partial charge in [-0.15, -0.1) is 0 Å². The molecule has 4 aromatic carbocycles. The van der Waals surface area contributed by atoms with Gasteiger partial charge in [-0.1, -0.05) is 72.8 Å². The fourth-order valence-corrected chi connectivity index (χ4v) is 8.11. The molecule has 0 aliphatic rings. The van der Waals surface area contributed by atoms with Crippen LogP contribution in [0.25, 0.3) is 10.8 Å². The van der Waals surface area contributed by atoms with Crippen molar-refractivity contribution in [3.05, 3.63) is 103 Å². The number of rotatable bonds is 4. The third-order valence-corrected chi connectivity index (χ3v) is 9.57. The lowest BCUT2D eigenvalue weighted by atomic mass is 10.1. The van der Waals surface area contributed by atoms with E-state index in [2.05, 4.69) is 110 Å². The number of hydrogen-bond donors (Lipinski definition) is 0. The molecule has 0 fully saturated rings. The van der Waals surface area contributed by atoms with Gasteiger partial charge in [-0.2, -0.15) is 0 Å². The molecule has 0 atom stereocenters. The van der Waals surface area contributed by atoms with Crippen molar-refractivity contribution < 1.29 is 0 Å². The molecule has 0 heterocycles. The second-order valence-electron chi connectivity index (χ2n) is 6.30. The van der Waals surface area contributed by atoms with Crippen molar-refractivity contribution in [1.29, 1.82) is 0 Å². The van der Waals surface area contributed by atoms with Crippen LogP contribution in [0.1, 0.15) is 6.92 Å². The summed E-state index contributed by atoms with van der Waals surface area (Å²) < 4.78 is 0. The molecule has 4 aromatic rings. The molecule has 0 amide bonds. The maximum atomic E-state index is 2.35. The van der Waals surface area contributed by atoms with Crippen LogP contribution in [0, 0.1) is 0 Å². The van der Waals surface area contributed by atoms with Gasteiger partial charge in [0.25, 0.3) is 0 Å². The monoisotopic (exact) mass is 341 g/mol. The summed E-state index contributed by atoms with van der Waals surface area (Å²) in [6, 6.07) is 37.7. The summed E-state index contributed by atoms with van der Waals surface area (Å²) in [5, 5.41) is 7.11. The van der Waals surface area contributed by atoms with Crippen molar-refractivity contribution in [1.82, 2.24) is 0 Å². The van der Waals surface area contributed by atoms with Crippen LogP contribution in [0.4, 0.5) is 0 Å². The third-order valence-electron chi connectivity index (χ3n) is 5.05. The average molecular weight is 341 g/mol. The highest BCUT2D eigenvalue weighted by Gasteiger charge is 2.44. The van der Waals surface area contributed by atoms with Gasteiger partial charge in [0, 0.05) is 5.39 Å². The van der Waals surface area contributed by atoms with Crippen LogP contribution in [0.15, 0.2) is 103 Å². The van der Waals surface area contributed by atoms with Gasteiger partial charge in [0.1, 0.15) is 23.2 Å². The zero-order chi connectivity index (χ0) is 17.1. The summed E-state index contributed by atoms with van der Waals surface area (Å²) in [4.78, 5) is 0. The molecule has 0 nitrogen and oxygen atoms in total. The van der Waals surface area contributed by atoms with Gasteiger partial charge in [0.15, 0.2) is 0 Å². The summed E-state index contributed by atoms with van der Waals surface area (Å²) in [5.41, 5.74) is 0. The Hall–Kier alpha value is -2.43. The Labute approximate surface area is 150 Å². The zero-order valence-electron chi connectivity index (χ0n) is 14.5. The quantitative estimate of drug-likeness (QED) is 0.450. The Morgan fingerprint density at radius 2 is 1.08 bits per heavy atom. The predicted molar refractivity (Wildman–Crippen MR) is 113 cm³/mol. The molecule has 0 saturated carbocycles. The van der Waals surface area contributed by atoms with E-state index in [1.54, 1.807) is 0 Å². The minimum atomic E-state index is -1.68. The molecule has 0 saturated heterocycles. The first kappa shape index (κ1) is 16.1. The number of fused-ring (bicyclic) bond motifs is 1. The van der Waals surface area contributed by atoms with Crippen LogP contribution >= 0.6 is 7.26 Å². The molecule has 0 N–H and O–H groups in total. The van der Waals surface area contributed by atoms with E-state index < -0.39 is 7.26 Å². The van der Waals surface area contributed by atoms with Crippen LogP contribution in [0.3, 0.4) is 0 Å².